The van der Waals surface area contributed by atoms with Crippen molar-refractivity contribution in [3.8, 4) is 0 Å². The van der Waals surface area contributed by atoms with Crippen LogP contribution in [0.4, 0.5) is 16.3 Å². The lowest BCUT2D eigenvalue weighted by Crippen LogP contribution is -2.45. The van der Waals surface area contributed by atoms with E-state index in [-0.39, 0.29) is 11.9 Å². The summed E-state index contributed by atoms with van der Waals surface area (Å²) in [5.41, 5.74) is 6.81. The molecule has 30 heavy (non-hydrogen) atoms. The van der Waals surface area contributed by atoms with Crippen molar-refractivity contribution in [1.82, 2.24) is 25.9 Å². The molecule has 1 aromatic heterocycles. The Balaban J connectivity index is 1.30. The first-order valence-electron chi connectivity index (χ1n) is 10.6. The van der Waals surface area contributed by atoms with E-state index in [2.05, 4.69) is 43.3 Å². The zero-order chi connectivity index (χ0) is 20.9. The van der Waals surface area contributed by atoms with E-state index in [1.165, 1.54) is 18.5 Å². The Morgan fingerprint density at radius 3 is 2.63 bits per heavy atom. The molecule has 1 aromatic carbocycles. The fraction of sp³-hybridized carbons (Fsp3) is 0.476. The molecule has 0 aliphatic carbocycles. The minimum atomic E-state index is -0.224. The molecule has 4 rings (SSSR count). The highest BCUT2D eigenvalue weighted by Crippen LogP contribution is 2.26. The molecule has 2 aromatic rings. The van der Waals surface area contributed by atoms with Gasteiger partial charge in [0.1, 0.15) is 0 Å². The van der Waals surface area contributed by atoms with Crippen molar-refractivity contribution in [2.75, 3.05) is 29.9 Å². The highest BCUT2D eigenvalue weighted by atomic mass is 16.2. The van der Waals surface area contributed by atoms with Crippen molar-refractivity contribution in [2.24, 2.45) is 0 Å². The molecule has 4 N–H and O–H groups in total. The predicted molar refractivity (Wildman–Crippen MR) is 115 cm³/mol. The largest absolute Gasteiger partial charge is 0.372 e. The van der Waals surface area contributed by atoms with Crippen LogP contribution in [-0.4, -0.2) is 46.8 Å². The molecule has 0 atom stereocenters. The Bertz CT molecular complexity index is 887. The van der Waals surface area contributed by atoms with Crippen molar-refractivity contribution >= 4 is 23.4 Å². The average Bonchev–Trinajstić information content (AvgIpc) is 3.46. The number of urea groups is 1. The number of anilines is 2. The van der Waals surface area contributed by atoms with Gasteiger partial charge >= 0.3 is 6.03 Å². The molecule has 1 saturated heterocycles. The number of benzene rings is 1. The van der Waals surface area contributed by atoms with Gasteiger partial charge in [0, 0.05) is 37.4 Å². The molecule has 0 saturated carbocycles. The van der Waals surface area contributed by atoms with Crippen molar-refractivity contribution in [3.05, 3.63) is 41.1 Å². The van der Waals surface area contributed by atoms with E-state index in [1.54, 1.807) is 5.01 Å². The van der Waals surface area contributed by atoms with Crippen molar-refractivity contribution in [1.29, 1.82) is 0 Å². The summed E-state index contributed by atoms with van der Waals surface area (Å²) >= 11 is 0. The van der Waals surface area contributed by atoms with Crippen molar-refractivity contribution in [2.45, 2.75) is 45.7 Å². The van der Waals surface area contributed by atoms with Gasteiger partial charge in [-0.3, -0.25) is 15.3 Å². The Labute approximate surface area is 176 Å². The summed E-state index contributed by atoms with van der Waals surface area (Å²) in [7, 11) is 0. The summed E-state index contributed by atoms with van der Waals surface area (Å²) in [5, 5.41) is 14.7. The number of amides is 3. The summed E-state index contributed by atoms with van der Waals surface area (Å²) in [5.74, 6) is 0.423. The Hall–Kier alpha value is -3.07. The lowest BCUT2D eigenvalue weighted by molar-refractivity contribution is -0.115. The molecule has 3 heterocycles. The van der Waals surface area contributed by atoms with Crippen LogP contribution in [0.25, 0.3) is 0 Å². The van der Waals surface area contributed by atoms with E-state index >= 15 is 0 Å². The minimum absolute atomic E-state index is 0.106. The maximum absolute atomic E-state index is 12.5. The first-order chi connectivity index (χ1) is 14.6. The SMILES string of the molecule is CCCNC(=O)NN1Cc2[nH]nc(NC(=O)Cc3ccc(N4CCCC4)cc3)c2C1. The van der Waals surface area contributed by atoms with Crippen LogP contribution in [0.15, 0.2) is 24.3 Å². The number of nitrogens with zero attached hydrogens (tertiary/aromatic N) is 3. The molecular formula is C21H29N7O2. The smallest absolute Gasteiger partial charge is 0.329 e. The molecule has 3 amide bonds. The lowest BCUT2D eigenvalue weighted by Gasteiger charge is -2.17. The summed E-state index contributed by atoms with van der Waals surface area (Å²) in [6.07, 6.45) is 3.67. The average molecular weight is 412 g/mol. The van der Waals surface area contributed by atoms with Gasteiger partial charge in [0.15, 0.2) is 5.82 Å². The fourth-order valence-corrected chi connectivity index (χ4v) is 3.91. The molecule has 9 heteroatoms. The van der Waals surface area contributed by atoms with Crippen molar-refractivity contribution in [3.63, 3.8) is 0 Å². The Morgan fingerprint density at radius 1 is 1.13 bits per heavy atom. The third kappa shape index (κ3) is 4.73. The topological polar surface area (TPSA) is 105 Å². The molecule has 1 fully saturated rings. The molecule has 2 aliphatic heterocycles. The van der Waals surface area contributed by atoms with E-state index in [0.29, 0.717) is 31.9 Å². The lowest BCUT2D eigenvalue weighted by atomic mass is 10.1. The number of rotatable bonds is 7. The van der Waals surface area contributed by atoms with Crippen LogP contribution in [-0.2, 0) is 24.3 Å². The number of hydrazine groups is 1. The number of carbonyl (C=O) groups excluding carboxylic acids is 2. The second-order valence-corrected chi connectivity index (χ2v) is 7.84. The summed E-state index contributed by atoms with van der Waals surface area (Å²) in [4.78, 5) is 26.7. The van der Waals surface area contributed by atoms with Gasteiger partial charge in [-0.25, -0.2) is 9.80 Å². The van der Waals surface area contributed by atoms with Gasteiger partial charge in [0.25, 0.3) is 0 Å². The van der Waals surface area contributed by atoms with E-state index < -0.39 is 0 Å². The zero-order valence-corrected chi connectivity index (χ0v) is 17.3. The molecule has 0 unspecified atom stereocenters. The monoisotopic (exact) mass is 411 g/mol. The first-order valence-corrected chi connectivity index (χ1v) is 10.6. The third-order valence-electron chi connectivity index (χ3n) is 5.48. The van der Waals surface area contributed by atoms with Crippen LogP contribution < -0.4 is 21.0 Å². The highest BCUT2D eigenvalue weighted by molar-refractivity contribution is 5.92. The number of H-pyrrole nitrogens is 1. The molecule has 160 valence electrons. The van der Waals surface area contributed by atoms with Crippen LogP contribution in [0.5, 0.6) is 0 Å². The molecule has 0 bridgehead atoms. The van der Waals surface area contributed by atoms with Gasteiger partial charge in [0.05, 0.1) is 18.7 Å². The molecule has 9 nitrogen and oxygen atoms in total. The standard InChI is InChI=1S/C21H29N7O2/c1-2-9-22-21(30)26-28-13-17-18(14-28)24-25-20(17)23-19(29)12-15-5-7-16(8-6-15)27-10-3-4-11-27/h5-8H,2-4,9-14H2,1H3,(H2,22,26,30)(H2,23,24,25,29). The molecule has 0 radical (unpaired) electrons. The highest BCUT2D eigenvalue weighted by Gasteiger charge is 2.26. The van der Waals surface area contributed by atoms with Gasteiger partial charge in [-0.2, -0.15) is 5.10 Å². The maximum Gasteiger partial charge on any atom is 0.329 e. The van der Waals surface area contributed by atoms with Gasteiger partial charge < -0.3 is 15.5 Å². The normalized spacial score (nSPS) is 15.8. The first kappa shape index (κ1) is 20.2. The second kappa shape index (κ2) is 9.17. The van der Waals surface area contributed by atoms with Gasteiger partial charge in [-0.15, -0.1) is 0 Å². The van der Waals surface area contributed by atoms with E-state index in [4.69, 9.17) is 0 Å². The number of nitrogens with one attached hydrogen (secondary N) is 4. The van der Waals surface area contributed by atoms with Crippen molar-refractivity contribution < 1.29 is 9.59 Å². The number of hydrogen-bond donors (Lipinski definition) is 4. The Morgan fingerprint density at radius 2 is 1.90 bits per heavy atom. The number of fused-ring (bicyclic) bond motifs is 1. The van der Waals surface area contributed by atoms with Crippen LogP contribution >= 0.6 is 0 Å². The molecular weight excluding hydrogens is 382 g/mol. The maximum atomic E-state index is 12.5. The van der Waals surface area contributed by atoms with Gasteiger partial charge in [-0.1, -0.05) is 19.1 Å². The number of carbonyl (C=O) groups is 2. The minimum Gasteiger partial charge on any atom is -0.372 e. The van der Waals surface area contributed by atoms with Crippen LogP contribution in [0, 0.1) is 0 Å². The number of aromatic amines is 1. The second-order valence-electron chi connectivity index (χ2n) is 7.84. The summed E-state index contributed by atoms with van der Waals surface area (Å²) < 4.78 is 0. The van der Waals surface area contributed by atoms with E-state index in [1.807, 2.05) is 19.1 Å². The predicted octanol–water partition coefficient (Wildman–Crippen LogP) is 2.13. The third-order valence-corrected chi connectivity index (χ3v) is 5.48. The molecule has 0 spiro atoms. The van der Waals surface area contributed by atoms with Crippen LogP contribution in [0.1, 0.15) is 43.0 Å². The molecule has 2 aliphatic rings. The van der Waals surface area contributed by atoms with Crippen LogP contribution in [0.2, 0.25) is 0 Å². The Kier molecular flexibility index (Phi) is 6.18. The van der Waals surface area contributed by atoms with Gasteiger partial charge in [0.2, 0.25) is 5.91 Å². The van der Waals surface area contributed by atoms with Gasteiger partial charge in [-0.05, 0) is 37.0 Å². The number of aromatic nitrogens is 2. The van der Waals surface area contributed by atoms with Crippen LogP contribution in [0.3, 0.4) is 0 Å². The fourth-order valence-electron chi connectivity index (χ4n) is 3.91. The van der Waals surface area contributed by atoms with E-state index in [0.717, 1.165) is 36.3 Å². The number of hydrogen-bond acceptors (Lipinski definition) is 5. The van der Waals surface area contributed by atoms with E-state index in [9.17, 15) is 9.59 Å². The quantitative estimate of drug-likeness (QED) is 0.559. The summed E-state index contributed by atoms with van der Waals surface area (Å²) in [6, 6.07) is 7.99. The summed E-state index contributed by atoms with van der Waals surface area (Å²) in [6.45, 7) is 5.87. The zero-order valence-electron chi connectivity index (χ0n) is 17.3.